The predicted molar refractivity (Wildman–Crippen MR) is 103 cm³/mol. The van der Waals surface area contributed by atoms with Crippen LogP contribution in [0.3, 0.4) is 0 Å². The smallest absolute Gasteiger partial charge is 0.263 e. The van der Waals surface area contributed by atoms with Crippen LogP contribution in [0.5, 0.6) is 0 Å². The summed E-state index contributed by atoms with van der Waals surface area (Å²) in [5.41, 5.74) is 3.53. The van der Waals surface area contributed by atoms with Crippen molar-refractivity contribution in [2.24, 2.45) is 0 Å². The number of rotatable bonds is 3. The van der Waals surface area contributed by atoms with Crippen molar-refractivity contribution < 1.29 is 0 Å². The van der Waals surface area contributed by atoms with E-state index < -0.39 is 0 Å². The third-order valence-electron chi connectivity index (χ3n) is 4.26. The van der Waals surface area contributed by atoms with Crippen LogP contribution in [0.15, 0.2) is 90.2 Å². The summed E-state index contributed by atoms with van der Waals surface area (Å²) in [4.78, 5) is 21.7. The lowest BCUT2D eigenvalue weighted by molar-refractivity contribution is 0.987. The normalized spacial score (nSPS) is 10.3. The Hall–Kier alpha value is -4.04. The molecule has 0 aliphatic heterocycles. The maximum Gasteiger partial charge on any atom is 0.263 e. The standard InChI is InChI=1S/C22H14N4O/c23-14-16-5-1-2-6-19(16)20-13-17(21-7-3-4-10-25-21)15-26(22(20)27)18-8-11-24-12-9-18/h1-13,15H. The van der Waals surface area contributed by atoms with E-state index in [1.807, 2.05) is 24.3 Å². The summed E-state index contributed by atoms with van der Waals surface area (Å²) in [7, 11) is 0. The van der Waals surface area contributed by atoms with Crippen LogP contribution in [-0.4, -0.2) is 14.5 Å². The average molecular weight is 350 g/mol. The van der Waals surface area contributed by atoms with Crippen molar-refractivity contribution in [1.29, 1.82) is 5.26 Å². The van der Waals surface area contributed by atoms with E-state index in [9.17, 15) is 10.1 Å². The van der Waals surface area contributed by atoms with Gasteiger partial charge in [0.05, 0.1) is 23.0 Å². The molecule has 0 atom stereocenters. The number of nitriles is 1. The van der Waals surface area contributed by atoms with Gasteiger partial charge in [0.1, 0.15) is 0 Å². The molecule has 4 rings (SSSR count). The van der Waals surface area contributed by atoms with E-state index in [1.165, 1.54) is 0 Å². The molecule has 4 aromatic rings. The van der Waals surface area contributed by atoms with Gasteiger partial charge in [0, 0.05) is 41.5 Å². The second-order valence-electron chi connectivity index (χ2n) is 5.90. The van der Waals surface area contributed by atoms with Gasteiger partial charge in [-0.25, -0.2) is 0 Å². The average Bonchev–Trinajstić information content (AvgIpc) is 2.75. The van der Waals surface area contributed by atoms with Crippen LogP contribution in [-0.2, 0) is 0 Å². The molecule has 0 aliphatic carbocycles. The monoisotopic (exact) mass is 350 g/mol. The fourth-order valence-corrected chi connectivity index (χ4v) is 2.96. The molecule has 0 N–H and O–H groups in total. The lowest BCUT2D eigenvalue weighted by Crippen LogP contribution is -2.20. The van der Waals surface area contributed by atoms with Crippen LogP contribution in [0.4, 0.5) is 0 Å². The van der Waals surface area contributed by atoms with Crippen molar-refractivity contribution >= 4 is 0 Å². The van der Waals surface area contributed by atoms with Crippen molar-refractivity contribution in [2.45, 2.75) is 0 Å². The first-order valence-electron chi connectivity index (χ1n) is 8.36. The van der Waals surface area contributed by atoms with E-state index in [2.05, 4.69) is 16.0 Å². The SMILES string of the molecule is N#Cc1ccccc1-c1cc(-c2ccccn2)cn(-c2ccncc2)c1=O. The van der Waals surface area contributed by atoms with Crippen molar-refractivity contribution in [3.63, 3.8) is 0 Å². The van der Waals surface area contributed by atoms with Crippen LogP contribution in [0.1, 0.15) is 5.56 Å². The molecule has 5 heteroatoms. The van der Waals surface area contributed by atoms with Gasteiger partial charge in [-0.15, -0.1) is 0 Å². The van der Waals surface area contributed by atoms with E-state index in [-0.39, 0.29) is 5.56 Å². The minimum Gasteiger partial charge on any atom is -0.283 e. The van der Waals surface area contributed by atoms with Crippen molar-refractivity contribution in [1.82, 2.24) is 14.5 Å². The largest absolute Gasteiger partial charge is 0.283 e. The second kappa shape index (κ2) is 7.06. The van der Waals surface area contributed by atoms with E-state index in [0.29, 0.717) is 22.4 Å². The number of aromatic nitrogens is 3. The molecule has 0 bridgehead atoms. The van der Waals surface area contributed by atoms with Crippen LogP contribution >= 0.6 is 0 Å². The van der Waals surface area contributed by atoms with Crippen LogP contribution in [0.2, 0.25) is 0 Å². The Morgan fingerprint density at radius 2 is 1.67 bits per heavy atom. The molecular weight excluding hydrogens is 336 g/mol. The fourth-order valence-electron chi connectivity index (χ4n) is 2.96. The number of pyridine rings is 3. The minimum absolute atomic E-state index is 0.205. The van der Waals surface area contributed by atoms with Crippen LogP contribution in [0, 0.1) is 11.3 Å². The Morgan fingerprint density at radius 1 is 0.889 bits per heavy atom. The van der Waals surface area contributed by atoms with E-state index in [0.717, 1.165) is 11.3 Å². The third kappa shape index (κ3) is 3.12. The Bertz CT molecular complexity index is 1190. The number of benzene rings is 1. The van der Waals surface area contributed by atoms with Gasteiger partial charge in [-0.2, -0.15) is 5.26 Å². The molecule has 5 nitrogen and oxygen atoms in total. The highest BCUT2D eigenvalue weighted by Crippen LogP contribution is 2.25. The predicted octanol–water partition coefficient (Wildman–Crippen LogP) is 3.83. The summed E-state index contributed by atoms with van der Waals surface area (Å²) in [6.07, 6.45) is 6.74. The van der Waals surface area contributed by atoms with Gasteiger partial charge in [0.15, 0.2) is 0 Å². The molecule has 3 aromatic heterocycles. The second-order valence-corrected chi connectivity index (χ2v) is 5.90. The summed E-state index contributed by atoms with van der Waals surface area (Å²) in [6, 6.07) is 20.2. The quantitative estimate of drug-likeness (QED) is 0.563. The Kier molecular flexibility index (Phi) is 4.30. The lowest BCUT2D eigenvalue weighted by atomic mass is 9.99. The Morgan fingerprint density at radius 3 is 2.41 bits per heavy atom. The van der Waals surface area contributed by atoms with E-state index in [4.69, 9.17) is 0 Å². The molecule has 0 radical (unpaired) electrons. The molecule has 0 fully saturated rings. The third-order valence-corrected chi connectivity index (χ3v) is 4.26. The van der Waals surface area contributed by atoms with Crippen LogP contribution in [0.25, 0.3) is 28.1 Å². The molecule has 27 heavy (non-hydrogen) atoms. The molecule has 0 aliphatic rings. The zero-order valence-corrected chi connectivity index (χ0v) is 14.3. The van der Waals surface area contributed by atoms with Gasteiger partial charge >= 0.3 is 0 Å². The van der Waals surface area contributed by atoms with Gasteiger partial charge in [0.2, 0.25) is 0 Å². The number of hydrogen-bond acceptors (Lipinski definition) is 4. The van der Waals surface area contributed by atoms with Gasteiger partial charge in [-0.3, -0.25) is 19.3 Å². The molecule has 0 saturated heterocycles. The molecule has 0 amide bonds. The molecule has 0 spiro atoms. The molecular formula is C22H14N4O. The first kappa shape index (κ1) is 16.4. The molecule has 0 saturated carbocycles. The highest BCUT2D eigenvalue weighted by Gasteiger charge is 2.14. The zero-order chi connectivity index (χ0) is 18.6. The van der Waals surface area contributed by atoms with Gasteiger partial charge in [-0.05, 0) is 36.4 Å². The van der Waals surface area contributed by atoms with Crippen molar-refractivity contribution in [3.05, 3.63) is 101 Å². The maximum atomic E-state index is 13.2. The molecule has 0 unspecified atom stereocenters. The van der Waals surface area contributed by atoms with Crippen LogP contribution < -0.4 is 5.56 Å². The summed E-state index contributed by atoms with van der Waals surface area (Å²) in [6.45, 7) is 0. The summed E-state index contributed by atoms with van der Waals surface area (Å²) >= 11 is 0. The molecule has 128 valence electrons. The lowest BCUT2D eigenvalue weighted by Gasteiger charge is -2.12. The Balaban J connectivity index is 2.04. The fraction of sp³-hybridized carbons (Fsp3) is 0. The maximum absolute atomic E-state index is 13.2. The highest BCUT2D eigenvalue weighted by molar-refractivity contribution is 5.74. The number of hydrogen-bond donors (Lipinski definition) is 0. The zero-order valence-electron chi connectivity index (χ0n) is 14.3. The first-order valence-corrected chi connectivity index (χ1v) is 8.36. The summed E-state index contributed by atoms with van der Waals surface area (Å²) < 4.78 is 1.56. The topological polar surface area (TPSA) is 71.6 Å². The molecule has 1 aromatic carbocycles. The molecule has 3 heterocycles. The van der Waals surface area contributed by atoms with E-state index in [1.54, 1.807) is 65.8 Å². The van der Waals surface area contributed by atoms with E-state index >= 15 is 0 Å². The minimum atomic E-state index is -0.205. The van der Waals surface area contributed by atoms with Gasteiger partial charge < -0.3 is 0 Å². The van der Waals surface area contributed by atoms with Crippen molar-refractivity contribution in [3.8, 4) is 34.1 Å². The Labute approximate surface area is 155 Å². The summed E-state index contributed by atoms with van der Waals surface area (Å²) in [5.74, 6) is 0. The first-order chi connectivity index (χ1) is 13.3. The number of nitrogens with zero attached hydrogens (tertiary/aromatic N) is 4. The van der Waals surface area contributed by atoms with Gasteiger partial charge in [0.25, 0.3) is 5.56 Å². The van der Waals surface area contributed by atoms with Gasteiger partial charge in [-0.1, -0.05) is 24.3 Å². The van der Waals surface area contributed by atoms with Crippen molar-refractivity contribution in [2.75, 3.05) is 0 Å². The highest BCUT2D eigenvalue weighted by atomic mass is 16.1. The summed E-state index contributed by atoms with van der Waals surface area (Å²) in [5, 5.41) is 9.46.